The molecule has 1 amide bonds. The first-order chi connectivity index (χ1) is 14.1. The first-order valence-corrected chi connectivity index (χ1v) is 10.1. The lowest BCUT2D eigenvalue weighted by molar-refractivity contribution is -0.164. The quantitative estimate of drug-likeness (QED) is 0.581. The highest BCUT2D eigenvalue weighted by atomic mass is 35.5. The second-order valence-electron chi connectivity index (χ2n) is 7.38. The summed E-state index contributed by atoms with van der Waals surface area (Å²) < 4.78 is 43.0. The maximum absolute atomic E-state index is 12.4. The van der Waals surface area contributed by atoms with Gasteiger partial charge in [-0.2, -0.15) is 13.2 Å². The van der Waals surface area contributed by atoms with Gasteiger partial charge in [0.2, 0.25) is 5.91 Å². The first kappa shape index (κ1) is 22.7. The molecule has 1 aliphatic heterocycles. The van der Waals surface area contributed by atoms with Crippen LogP contribution in [0, 0.1) is 5.92 Å². The van der Waals surface area contributed by atoms with Crippen molar-refractivity contribution < 1.29 is 22.7 Å². The fraction of sp³-hybridized carbons (Fsp3) is 0.381. The minimum atomic E-state index is -4.38. The Bertz CT molecular complexity index is 885. The van der Waals surface area contributed by atoms with Gasteiger partial charge in [-0.25, -0.2) is 0 Å². The molecule has 2 aromatic carbocycles. The summed E-state index contributed by atoms with van der Waals surface area (Å²) in [6.45, 7) is 0.677. The molecule has 162 valence electrons. The molecule has 0 saturated carbocycles. The van der Waals surface area contributed by atoms with E-state index in [1.165, 1.54) is 7.05 Å². The Hall–Kier alpha value is -1.96. The minimum Gasteiger partial charge on any atom is -0.489 e. The molecule has 0 bridgehead atoms. The molecule has 1 fully saturated rings. The lowest BCUT2D eigenvalue weighted by atomic mass is 9.97. The Morgan fingerprint density at radius 2 is 1.73 bits per heavy atom. The van der Waals surface area contributed by atoms with Crippen molar-refractivity contribution >= 4 is 29.1 Å². The van der Waals surface area contributed by atoms with Crippen LogP contribution in [0.4, 0.5) is 13.2 Å². The number of halogens is 5. The zero-order chi connectivity index (χ0) is 21.9. The van der Waals surface area contributed by atoms with E-state index in [4.69, 9.17) is 27.9 Å². The maximum atomic E-state index is 12.4. The molecule has 0 atom stereocenters. The van der Waals surface area contributed by atoms with Gasteiger partial charge in [-0.1, -0.05) is 41.4 Å². The fourth-order valence-electron chi connectivity index (χ4n) is 3.26. The van der Waals surface area contributed by atoms with E-state index in [-0.39, 0.29) is 5.92 Å². The first-order valence-electron chi connectivity index (χ1n) is 9.30. The number of likely N-dealkylation sites (tertiary alicyclic amines) is 1. The Morgan fingerprint density at radius 3 is 2.33 bits per heavy atom. The van der Waals surface area contributed by atoms with E-state index in [0.717, 1.165) is 16.0 Å². The van der Waals surface area contributed by atoms with Crippen LogP contribution in [-0.2, 0) is 17.9 Å². The third kappa shape index (κ3) is 6.27. The van der Waals surface area contributed by atoms with Gasteiger partial charge >= 0.3 is 6.18 Å². The van der Waals surface area contributed by atoms with Crippen LogP contribution in [-0.4, -0.2) is 48.6 Å². The molecule has 1 saturated heterocycles. The number of hydrogen-bond acceptors (Lipinski definition) is 3. The number of carbonyl (C=O) groups is 1. The number of alkyl halides is 3. The second kappa shape index (κ2) is 9.45. The van der Waals surface area contributed by atoms with Crippen LogP contribution in [0.1, 0.15) is 11.1 Å². The average molecular weight is 461 g/mol. The van der Waals surface area contributed by atoms with Crippen molar-refractivity contribution in [1.29, 1.82) is 0 Å². The number of nitrogens with zero attached hydrogens (tertiary/aromatic N) is 2. The zero-order valence-corrected chi connectivity index (χ0v) is 17.8. The summed E-state index contributed by atoms with van der Waals surface area (Å²) in [5, 5.41) is 0.968. The topological polar surface area (TPSA) is 32.8 Å². The van der Waals surface area contributed by atoms with E-state index in [1.54, 1.807) is 12.1 Å². The van der Waals surface area contributed by atoms with Crippen LogP contribution in [0.3, 0.4) is 0 Å². The third-order valence-electron chi connectivity index (χ3n) is 4.82. The summed E-state index contributed by atoms with van der Waals surface area (Å²) in [4.78, 5) is 14.8. The van der Waals surface area contributed by atoms with E-state index in [1.807, 2.05) is 35.2 Å². The monoisotopic (exact) mass is 460 g/mol. The van der Waals surface area contributed by atoms with Crippen molar-refractivity contribution in [3.63, 3.8) is 0 Å². The highest BCUT2D eigenvalue weighted by Gasteiger charge is 2.38. The van der Waals surface area contributed by atoms with Crippen molar-refractivity contribution in [3.05, 3.63) is 63.6 Å². The van der Waals surface area contributed by atoms with E-state index < -0.39 is 18.6 Å². The molecule has 0 spiro atoms. The number of rotatable bonds is 7. The summed E-state index contributed by atoms with van der Waals surface area (Å²) in [5.74, 6) is -0.143. The Kier molecular flexibility index (Phi) is 7.16. The SMILES string of the molecule is CN(CC(F)(F)F)C(=O)C1CN(Cc2ccc(OCc3ccc(Cl)c(Cl)c3)cc2)C1. The molecule has 30 heavy (non-hydrogen) atoms. The Labute approximate surface area is 183 Å². The molecule has 0 radical (unpaired) electrons. The normalized spacial score (nSPS) is 15.0. The van der Waals surface area contributed by atoms with Gasteiger partial charge in [0, 0.05) is 26.7 Å². The number of ether oxygens (including phenoxy) is 1. The van der Waals surface area contributed by atoms with Gasteiger partial charge in [0.05, 0.1) is 16.0 Å². The number of benzene rings is 2. The molecule has 4 nitrogen and oxygen atoms in total. The molecule has 3 rings (SSSR count). The van der Waals surface area contributed by atoms with Gasteiger partial charge < -0.3 is 9.64 Å². The van der Waals surface area contributed by atoms with Crippen molar-refractivity contribution in [2.75, 3.05) is 26.7 Å². The Morgan fingerprint density at radius 1 is 1.10 bits per heavy atom. The minimum absolute atomic E-state index is 0.359. The molecule has 2 aromatic rings. The molecule has 0 unspecified atom stereocenters. The second-order valence-corrected chi connectivity index (χ2v) is 8.20. The van der Waals surface area contributed by atoms with E-state index >= 15 is 0 Å². The predicted molar refractivity (Wildman–Crippen MR) is 110 cm³/mol. The largest absolute Gasteiger partial charge is 0.489 e. The third-order valence-corrected chi connectivity index (χ3v) is 5.56. The summed E-state index contributed by atoms with van der Waals surface area (Å²) >= 11 is 11.9. The molecule has 0 N–H and O–H groups in total. The van der Waals surface area contributed by atoms with Crippen LogP contribution in [0.15, 0.2) is 42.5 Å². The van der Waals surface area contributed by atoms with Crippen LogP contribution >= 0.6 is 23.2 Å². The standard InChI is InChI=1S/C21H21Cl2F3N2O2/c1-27(13-21(24,25)26)20(29)16-10-28(11-16)9-14-2-5-17(6-3-14)30-12-15-4-7-18(22)19(23)8-15/h2-8,16H,9-13H2,1H3. The van der Waals surface area contributed by atoms with Gasteiger partial charge in [0.1, 0.15) is 18.9 Å². The predicted octanol–water partition coefficient (Wildman–Crippen LogP) is 5.02. The molecule has 9 heteroatoms. The van der Waals surface area contributed by atoms with Crippen molar-refractivity contribution in [3.8, 4) is 5.75 Å². The van der Waals surface area contributed by atoms with Gasteiger partial charge in [-0.15, -0.1) is 0 Å². The maximum Gasteiger partial charge on any atom is 0.406 e. The molecule has 1 aliphatic rings. The summed E-state index contributed by atoms with van der Waals surface area (Å²) in [5.41, 5.74) is 1.94. The Balaban J connectivity index is 1.43. The lowest BCUT2D eigenvalue weighted by Gasteiger charge is -2.40. The average Bonchev–Trinajstić information content (AvgIpc) is 2.64. The van der Waals surface area contributed by atoms with Crippen LogP contribution in [0.5, 0.6) is 5.75 Å². The molecular formula is C21H21Cl2F3N2O2. The molecule has 0 aromatic heterocycles. The summed E-state index contributed by atoms with van der Waals surface area (Å²) in [6.07, 6.45) is -4.38. The fourth-order valence-corrected chi connectivity index (χ4v) is 3.58. The molecule has 1 heterocycles. The van der Waals surface area contributed by atoms with Crippen LogP contribution < -0.4 is 4.74 Å². The summed E-state index contributed by atoms with van der Waals surface area (Å²) in [7, 11) is 1.19. The van der Waals surface area contributed by atoms with Gasteiger partial charge in [-0.3, -0.25) is 9.69 Å². The van der Waals surface area contributed by atoms with Crippen molar-refractivity contribution in [2.24, 2.45) is 5.92 Å². The van der Waals surface area contributed by atoms with Gasteiger partial charge in [0.25, 0.3) is 0 Å². The van der Waals surface area contributed by atoms with E-state index in [9.17, 15) is 18.0 Å². The number of carbonyl (C=O) groups excluding carboxylic acids is 1. The van der Waals surface area contributed by atoms with E-state index in [0.29, 0.717) is 42.0 Å². The lowest BCUT2D eigenvalue weighted by Crippen LogP contribution is -2.54. The van der Waals surface area contributed by atoms with Crippen LogP contribution in [0.2, 0.25) is 10.0 Å². The van der Waals surface area contributed by atoms with E-state index in [2.05, 4.69) is 0 Å². The zero-order valence-electron chi connectivity index (χ0n) is 16.3. The highest BCUT2D eigenvalue weighted by molar-refractivity contribution is 6.42. The van der Waals surface area contributed by atoms with Gasteiger partial charge in [0.15, 0.2) is 0 Å². The van der Waals surface area contributed by atoms with Crippen LogP contribution in [0.25, 0.3) is 0 Å². The van der Waals surface area contributed by atoms with Gasteiger partial charge in [-0.05, 0) is 35.4 Å². The van der Waals surface area contributed by atoms with Crippen molar-refractivity contribution in [1.82, 2.24) is 9.80 Å². The highest BCUT2D eigenvalue weighted by Crippen LogP contribution is 2.25. The summed E-state index contributed by atoms with van der Waals surface area (Å²) in [6, 6.07) is 12.9. The number of hydrogen-bond donors (Lipinski definition) is 0. The van der Waals surface area contributed by atoms with Crippen molar-refractivity contribution in [2.45, 2.75) is 19.3 Å². The molecular weight excluding hydrogens is 440 g/mol. The smallest absolute Gasteiger partial charge is 0.406 e. The number of amides is 1. The molecule has 0 aliphatic carbocycles.